The van der Waals surface area contributed by atoms with E-state index in [2.05, 4.69) is 21.2 Å². The SMILES string of the molecule is C[C@H](NC(=O)COC(=O)CCC1CCCC1)c1ccc(Br)cc1. The Hall–Kier alpha value is -1.36. The Kier molecular flexibility index (Phi) is 7.09. The van der Waals surface area contributed by atoms with E-state index in [0.717, 1.165) is 16.5 Å². The summed E-state index contributed by atoms with van der Waals surface area (Å²) in [6.45, 7) is 1.70. The van der Waals surface area contributed by atoms with Crippen molar-refractivity contribution in [2.75, 3.05) is 6.61 Å². The fraction of sp³-hybridized carbons (Fsp3) is 0.556. The number of carbonyl (C=O) groups excluding carboxylic acids is 2. The van der Waals surface area contributed by atoms with E-state index in [1.54, 1.807) is 0 Å². The van der Waals surface area contributed by atoms with Gasteiger partial charge in [0.2, 0.25) is 0 Å². The number of benzene rings is 1. The number of rotatable bonds is 7. The molecule has 5 heteroatoms. The first-order chi connectivity index (χ1) is 11.0. The maximum absolute atomic E-state index is 11.9. The Morgan fingerprint density at radius 2 is 1.91 bits per heavy atom. The van der Waals surface area contributed by atoms with Crippen molar-refractivity contribution in [3.63, 3.8) is 0 Å². The van der Waals surface area contributed by atoms with Gasteiger partial charge < -0.3 is 10.1 Å². The van der Waals surface area contributed by atoms with E-state index in [-0.39, 0.29) is 24.5 Å². The van der Waals surface area contributed by atoms with Crippen molar-refractivity contribution < 1.29 is 14.3 Å². The zero-order valence-corrected chi connectivity index (χ0v) is 15.1. The summed E-state index contributed by atoms with van der Waals surface area (Å²) >= 11 is 3.38. The van der Waals surface area contributed by atoms with Crippen molar-refractivity contribution in [1.82, 2.24) is 5.32 Å². The van der Waals surface area contributed by atoms with Crippen LogP contribution in [0.3, 0.4) is 0 Å². The molecular weight excluding hydrogens is 358 g/mol. The number of carbonyl (C=O) groups is 2. The third-order valence-corrected chi connectivity index (χ3v) is 4.87. The minimum absolute atomic E-state index is 0.118. The number of amides is 1. The van der Waals surface area contributed by atoms with Gasteiger partial charge in [-0.2, -0.15) is 0 Å². The quantitative estimate of drug-likeness (QED) is 0.722. The largest absolute Gasteiger partial charge is 0.456 e. The van der Waals surface area contributed by atoms with E-state index in [0.29, 0.717) is 12.3 Å². The molecule has 1 aliphatic rings. The van der Waals surface area contributed by atoms with Crippen LogP contribution in [0.15, 0.2) is 28.7 Å². The van der Waals surface area contributed by atoms with Gasteiger partial charge in [-0.3, -0.25) is 9.59 Å². The molecule has 0 unspecified atom stereocenters. The Bertz CT molecular complexity index is 524. The summed E-state index contributed by atoms with van der Waals surface area (Å²) in [5, 5.41) is 2.84. The molecule has 1 aromatic rings. The van der Waals surface area contributed by atoms with Crippen LogP contribution in [0.25, 0.3) is 0 Å². The third kappa shape index (κ3) is 6.34. The van der Waals surface area contributed by atoms with Gasteiger partial charge in [0.1, 0.15) is 0 Å². The average molecular weight is 382 g/mol. The standard InChI is InChI=1S/C18H24BrNO3/c1-13(15-7-9-16(19)10-8-15)20-17(21)12-23-18(22)11-6-14-4-2-3-5-14/h7-10,13-14H,2-6,11-12H2,1H3,(H,20,21)/t13-/m0/s1. The number of nitrogens with one attached hydrogen (secondary N) is 1. The normalized spacial score (nSPS) is 16.1. The number of hydrogen-bond acceptors (Lipinski definition) is 3. The lowest BCUT2D eigenvalue weighted by Crippen LogP contribution is -2.31. The molecule has 1 aliphatic carbocycles. The van der Waals surface area contributed by atoms with Crippen molar-refractivity contribution in [2.45, 2.75) is 51.5 Å². The van der Waals surface area contributed by atoms with Gasteiger partial charge in [-0.1, -0.05) is 53.7 Å². The van der Waals surface area contributed by atoms with Crippen molar-refractivity contribution >= 4 is 27.8 Å². The van der Waals surface area contributed by atoms with Crippen LogP contribution in [-0.4, -0.2) is 18.5 Å². The molecule has 2 rings (SSSR count). The van der Waals surface area contributed by atoms with Gasteiger partial charge in [-0.25, -0.2) is 0 Å². The zero-order valence-electron chi connectivity index (χ0n) is 13.5. The third-order valence-electron chi connectivity index (χ3n) is 4.34. The smallest absolute Gasteiger partial charge is 0.306 e. The molecule has 0 aliphatic heterocycles. The lowest BCUT2D eigenvalue weighted by molar-refractivity contribution is -0.149. The van der Waals surface area contributed by atoms with Crippen LogP contribution in [0.1, 0.15) is 57.1 Å². The highest BCUT2D eigenvalue weighted by atomic mass is 79.9. The van der Waals surface area contributed by atoms with E-state index >= 15 is 0 Å². The fourth-order valence-corrected chi connectivity index (χ4v) is 3.22. The van der Waals surface area contributed by atoms with E-state index in [1.165, 1.54) is 25.7 Å². The second-order valence-electron chi connectivity index (χ2n) is 6.19. The van der Waals surface area contributed by atoms with Crippen LogP contribution in [0.4, 0.5) is 0 Å². The second kappa shape index (κ2) is 9.06. The number of halogens is 1. The maximum atomic E-state index is 11.9. The van der Waals surface area contributed by atoms with Crippen molar-refractivity contribution in [3.8, 4) is 0 Å². The van der Waals surface area contributed by atoms with Crippen molar-refractivity contribution in [3.05, 3.63) is 34.3 Å². The Labute approximate surface area is 146 Å². The molecular formula is C18H24BrNO3. The zero-order chi connectivity index (χ0) is 16.7. The molecule has 0 radical (unpaired) electrons. The lowest BCUT2D eigenvalue weighted by Gasteiger charge is -2.14. The Morgan fingerprint density at radius 1 is 1.26 bits per heavy atom. The van der Waals surface area contributed by atoms with Gasteiger partial charge in [-0.15, -0.1) is 0 Å². The van der Waals surface area contributed by atoms with Crippen LogP contribution in [-0.2, 0) is 14.3 Å². The highest BCUT2D eigenvalue weighted by Crippen LogP contribution is 2.28. The van der Waals surface area contributed by atoms with E-state index in [1.807, 2.05) is 31.2 Å². The summed E-state index contributed by atoms with van der Waals surface area (Å²) < 4.78 is 6.06. The first-order valence-corrected chi connectivity index (χ1v) is 9.04. The van der Waals surface area contributed by atoms with Crippen molar-refractivity contribution in [1.29, 1.82) is 0 Å². The van der Waals surface area contributed by atoms with Crippen LogP contribution in [0.5, 0.6) is 0 Å². The van der Waals surface area contributed by atoms with E-state index < -0.39 is 0 Å². The number of ether oxygens (including phenoxy) is 1. The van der Waals surface area contributed by atoms with Crippen LogP contribution < -0.4 is 5.32 Å². The predicted molar refractivity (Wildman–Crippen MR) is 92.9 cm³/mol. The minimum atomic E-state index is -0.275. The van der Waals surface area contributed by atoms with Crippen molar-refractivity contribution in [2.24, 2.45) is 5.92 Å². The van der Waals surface area contributed by atoms with Crippen LogP contribution in [0.2, 0.25) is 0 Å². The molecule has 0 heterocycles. The Balaban J connectivity index is 1.65. The summed E-state index contributed by atoms with van der Waals surface area (Å²) in [5.41, 5.74) is 1.01. The minimum Gasteiger partial charge on any atom is -0.456 e. The van der Waals surface area contributed by atoms with Gasteiger partial charge >= 0.3 is 5.97 Å². The maximum Gasteiger partial charge on any atom is 0.306 e. The van der Waals surface area contributed by atoms with Gasteiger partial charge in [0.05, 0.1) is 6.04 Å². The van der Waals surface area contributed by atoms with Gasteiger partial charge in [0.15, 0.2) is 6.61 Å². The van der Waals surface area contributed by atoms with Gasteiger partial charge in [-0.05, 0) is 37.0 Å². The summed E-state index contributed by atoms with van der Waals surface area (Å²) in [5.74, 6) is 0.117. The predicted octanol–water partition coefficient (Wildman–Crippen LogP) is 4.14. The number of esters is 1. The summed E-state index contributed by atoms with van der Waals surface area (Å²) in [7, 11) is 0. The second-order valence-corrected chi connectivity index (χ2v) is 7.11. The monoisotopic (exact) mass is 381 g/mol. The average Bonchev–Trinajstić information content (AvgIpc) is 3.05. The molecule has 4 nitrogen and oxygen atoms in total. The first kappa shape index (κ1) is 18.0. The summed E-state index contributed by atoms with van der Waals surface area (Å²) in [4.78, 5) is 23.6. The molecule has 1 fully saturated rings. The summed E-state index contributed by atoms with van der Waals surface area (Å²) in [6.07, 6.45) is 6.29. The Morgan fingerprint density at radius 3 is 2.57 bits per heavy atom. The molecule has 1 amide bonds. The molecule has 0 spiro atoms. The number of hydrogen-bond donors (Lipinski definition) is 1. The van der Waals surface area contributed by atoms with E-state index in [9.17, 15) is 9.59 Å². The molecule has 126 valence electrons. The molecule has 1 atom stereocenters. The van der Waals surface area contributed by atoms with Gasteiger partial charge in [0.25, 0.3) is 5.91 Å². The molecule has 1 N–H and O–H groups in total. The molecule has 23 heavy (non-hydrogen) atoms. The van der Waals surface area contributed by atoms with Crippen LogP contribution in [0, 0.1) is 5.92 Å². The first-order valence-electron chi connectivity index (χ1n) is 8.25. The van der Waals surface area contributed by atoms with E-state index in [4.69, 9.17) is 4.74 Å². The highest BCUT2D eigenvalue weighted by molar-refractivity contribution is 9.10. The molecule has 1 saturated carbocycles. The highest BCUT2D eigenvalue weighted by Gasteiger charge is 2.17. The molecule has 0 aromatic heterocycles. The molecule has 1 aromatic carbocycles. The topological polar surface area (TPSA) is 55.4 Å². The summed E-state index contributed by atoms with van der Waals surface area (Å²) in [6, 6.07) is 7.64. The molecule has 0 saturated heterocycles. The lowest BCUT2D eigenvalue weighted by atomic mass is 10.0. The van der Waals surface area contributed by atoms with Gasteiger partial charge in [0, 0.05) is 10.9 Å². The fourth-order valence-electron chi connectivity index (χ4n) is 2.96. The van der Waals surface area contributed by atoms with Crippen LogP contribution >= 0.6 is 15.9 Å². The molecule has 0 bridgehead atoms.